The molecule has 17 heavy (non-hydrogen) atoms. The number of hydrogen-bond acceptors (Lipinski definition) is 2. The van der Waals surface area contributed by atoms with Crippen molar-refractivity contribution in [3.63, 3.8) is 0 Å². The van der Waals surface area contributed by atoms with Crippen LogP contribution in [0.2, 0.25) is 0 Å². The topological polar surface area (TPSA) is 21.3 Å². The smallest absolute Gasteiger partial charge is 0.130 e. The Bertz CT molecular complexity index is 371. The zero-order valence-electron chi connectivity index (χ0n) is 10.0. The average Bonchev–Trinajstić information content (AvgIpc) is 2.22. The van der Waals surface area contributed by atoms with Gasteiger partial charge in [0.25, 0.3) is 0 Å². The summed E-state index contributed by atoms with van der Waals surface area (Å²) in [6.45, 7) is 1.78. The Hall–Kier alpha value is -1.00. The molecule has 94 valence electrons. The second kappa shape index (κ2) is 5.10. The van der Waals surface area contributed by atoms with E-state index < -0.39 is 11.6 Å². The van der Waals surface area contributed by atoms with Crippen molar-refractivity contribution in [1.29, 1.82) is 0 Å². The van der Waals surface area contributed by atoms with Crippen LogP contribution < -0.4 is 5.32 Å². The molecule has 1 aliphatic rings. The lowest BCUT2D eigenvalue weighted by Crippen LogP contribution is -2.46. The highest BCUT2D eigenvalue weighted by Crippen LogP contribution is 2.27. The predicted octanol–water partition coefficient (Wildman–Crippen LogP) is 2.79. The molecule has 0 saturated heterocycles. The first-order valence-electron chi connectivity index (χ1n) is 5.84. The number of hydrogen-bond donors (Lipinski definition) is 1. The van der Waals surface area contributed by atoms with Gasteiger partial charge in [0.15, 0.2) is 0 Å². The lowest BCUT2D eigenvalue weighted by molar-refractivity contribution is 0.0145. The zero-order valence-corrected chi connectivity index (χ0v) is 10.0. The molecule has 0 aromatic heterocycles. The minimum absolute atomic E-state index is 0.119. The molecule has 0 aliphatic heterocycles. The van der Waals surface area contributed by atoms with Gasteiger partial charge in [-0.2, -0.15) is 0 Å². The van der Waals surface area contributed by atoms with E-state index >= 15 is 0 Å². The third-order valence-electron chi connectivity index (χ3n) is 3.35. The Morgan fingerprint density at radius 3 is 2.41 bits per heavy atom. The van der Waals surface area contributed by atoms with E-state index in [0.29, 0.717) is 0 Å². The zero-order chi connectivity index (χ0) is 12.4. The van der Waals surface area contributed by atoms with Crippen LogP contribution in [-0.4, -0.2) is 19.3 Å². The van der Waals surface area contributed by atoms with Crippen molar-refractivity contribution in [2.24, 2.45) is 0 Å². The third kappa shape index (κ3) is 2.64. The van der Waals surface area contributed by atoms with E-state index in [0.717, 1.165) is 12.8 Å². The van der Waals surface area contributed by atoms with E-state index in [-0.39, 0.29) is 23.8 Å². The quantitative estimate of drug-likeness (QED) is 0.875. The minimum Gasteiger partial charge on any atom is -0.381 e. The van der Waals surface area contributed by atoms with Gasteiger partial charge in [0.1, 0.15) is 11.6 Å². The molecule has 1 fully saturated rings. The van der Waals surface area contributed by atoms with Gasteiger partial charge in [0, 0.05) is 24.8 Å². The van der Waals surface area contributed by atoms with Crippen LogP contribution in [0.15, 0.2) is 18.2 Å². The molecule has 0 amide bonds. The van der Waals surface area contributed by atoms with Gasteiger partial charge < -0.3 is 10.1 Å². The Labute approximate surface area is 100.0 Å². The summed E-state index contributed by atoms with van der Waals surface area (Å²) in [5, 5.41) is 3.22. The fraction of sp³-hybridized carbons (Fsp3) is 0.538. The van der Waals surface area contributed by atoms with Crippen LogP contribution in [0.5, 0.6) is 0 Å². The first-order chi connectivity index (χ1) is 8.11. The van der Waals surface area contributed by atoms with E-state index in [1.165, 1.54) is 18.2 Å². The van der Waals surface area contributed by atoms with Gasteiger partial charge in [-0.15, -0.1) is 0 Å². The number of halogens is 2. The van der Waals surface area contributed by atoms with Crippen molar-refractivity contribution in [2.45, 2.75) is 38.0 Å². The fourth-order valence-electron chi connectivity index (χ4n) is 2.26. The van der Waals surface area contributed by atoms with Crippen molar-refractivity contribution >= 4 is 0 Å². The molecular weight excluding hydrogens is 224 g/mol. The SMILES string of the molecule is COC1CC(NC(C)c2c(F)cccc2F)C1. The summed E-state index contributed by atoms with van der Waals surface area (Å²) in [5.41, 5.74) is 0.119. The molecule has 0 spiro atoms. The maximum Gasteiger partial charge on any atom is 0.130 e. The second-order valence-corrected chi connectivity index (χ2v) is 4.55. The van der Waals surface area contributed by atoms with Gasteiger partial charge in [0.2, 0.25) is 0 Å². The molecule has 0 radical (unpaired) electrons. The molecule has 2 nitrogen and oxygen atoms in total. The number of nitrogens with one attached hydrogen (secondary N) is 1. The average molecular weight is 241 g/mol. The maximum atomic E-state index is 13.5. The molecule has 1 atom stereocenters. The molecule has 4 heteroatoms. The standard InChI is InChI=1S/C13H17F2NO/c1-8(16-9-6-10(7-9)17-2)13-11(14)4-3-5-12(13)15/h3-5,8-10,16H,6-7H2,1-2H3. The van der Waals surface area contributed by atoms with E-state index in [1.54, 1.807) is 14.0 Å². The molecule has 1 unspecified atom stereocenters. The normalized spacial score (nSPS) is 25.4. The van der Waals surface area contributed by atoms with Crippen LogP contribution in [0, 0.1) is 11.6 Å². The highest BCUT2D eigenvalue weighted by Gasteiger charge is 2.30. The summed E-state index contributed by atoms with van der Waals surface area (Å²) >= 11 is 0. The predicted molar refractivity (Wildman–Crippen MR) is 61.7 cm³/mol. The first kappa shape index (κ1) is 12.5. The molecule has 1 aromatic rings. The van der Waals surface area contributed by atoms with Crippen molar-refractivity contribution < 1.29 is 13.5 Å². The molecule has 0 heterocycles. The van der Waals surface area contributed by atoms with Crippen molar-refractivity contribution in [1.82, 2.24) is 5.32 Å². The highest BCUT2D eigenvalue weighted by atomic mass is 19.1. The lowest BCUT2D eigenvalue weighted by atomic mass is 9.88. The first-order valence-corrected chi connectivity index (χ1v) is 5.84. The Morgan fingerprint density at radius 2 is 1.88 bits per heavy atom. The van der Waals surface area contributed by atoms with Crippen LogP contribution in [0.1, 0.15) is 31.4 Å². The Balaban J connectivity index is 1.98. The van der Waals surface area contributed by atoms with E-state index in [2.05, 4.69) is 5.32 Å². The van der Waals surface area contributed by atoms with Gasteiger partial charge >= 0.3 is 0 Å². The van der Waals surface area contributed by atoms with Gasteiger partial charge in [-0.3, -0.25) is 0 Å². The molecule has 1 saturated carbocycles. The largest absolute Gasteiger partial charge is 0.381 e. The summed E-state index contributed by atoms with van der Waals surface area (Å²) in [4.78, 5) is 0. The highest BCUT2D eigenvalue weighted by molar-refractivity contribution is 5.23. The molecule has 1 aliphatic carbocycles. The van der Waals surface area contributed by atoms with Crippen LogP contribution >= 0.6 is 0 Å². The molecule has 1 N–H and O–H groups in total. The molecule has 0 bridgehead atoms. The van der Waals surface area contributed by atoms with Gasteiger partial charge in [-0.05, 0) is 31.9 Å². The van der Waals surface area contributed by atoms with Crippen LogP contribution in [0.25, 0.3) is 0 Å². The Kier molecular flexibility index (Phi) is 3.74. The third-order valence-corrected chi connectivity index (χ3v) is 3.35. The van der Waals surface area contributed by atoms with Gasteiger partial charge in [0.05, 0.1) is 6.10 Å². The summed E-state index contributed by atoms with van der Waals surface area (Å²) in [6.07, 6.45) is 2.08. The summed E-state index contributed by atoms with van der Waals surface area (Å²) in [7, 11) is 1.68. The number of ether oxygens (including phenoxy) is 1. The number of benzene rings is 1. The second-order valence-electron chi connectivity index (χ2n) is 4.55. The lowest BCUT2D eigenvalue weighted by Gasteiger charge is -2.36. The summed E-state index contributed by atoms with van der Waals surface area (Å²) in [6, 6.07) is 3.92. The number of rotatable bonds is 4. The van der Waals surface area contributed by atoms with Crippen molar-refractivity contribution in [3.8, 4) is 0 Å². The number of methoxy groups -OCH3 is 1. The monoisotopic (exact) mass is 241 g/mol. The minimum atomic E-state index is -0.493. The molecular formula is C13H17F2NO. The van der Waals surface area contributed by atoms with E-state index in [4.69, 9.17) is 4.74 Å². The van der Waals surface area contributed by atoms with Crippen LogP contribution in [0.3, 0.4) is 0 Å². The van der Waals surface area contributed by atoms with Crippen molar-refractivity contribution in [2.75, 3.05) is 7.11 Å². The van der Waals surface area contributed by atoms with Crippen LogP contribution in [-0.2, 0) is 4.74 Å². The van der Waals surface area contributed by atoms with Gasteiger partial charge in [-0.25, -0.2) is 8.78 Å². The van der Waals surface area contributed by atoms with Crippen molar-refractivity contribution in [3.05, 3.63) is 35.4 Å². The summed E-state index contributed by atoms with van der Waals surface area (Å²) in [5.74, 6) is -0.986. The maximum absolute atomic E-state index is 13.5. The molecule has 1 aromatic carbocycles. The van der Waals surface area contributed by atoms with E-state index in [9.17, 15) is 8.78 Å². The fourth-order valence-corrected chi connectivity index (χ4v) is 2.26. The summed E-state index contributed by atoms with van der Waals surface area (Å²) < 4.78 is 32.2. The van der Waals surface area contributed by atoms with Gasteiger partial charge in [-0.1, -0.05) is 6.07 Å². The van der Waals surface area contributed by atoms with Crippen LogP contribution in [0.4, 0.5) is 8.78 Å². The van der Waals surface area contributed by atoms with E-state index in [1.807, 2.05) is 0 Å². The molecule has 2 rings (SSSR count). The Morgan fingerprint density at radius 1 is 1.29 bits per heavy atom.